The maximum atomic E-state index is 13.5. The Morgan fingerprint density at radius 3 is 2.81 bits per heavy atom. The van der Waals surface area contributed by atoms with Crippen molar-refractivity contribution in [1.29, 1.82) is 0 Å². The smallest absolute Gasteiger partial charge is 0.258 e. The maximum Gasteiger partial charge on any atom is 0.258 e. The molecule has 2 amide bonds. The van der Waals surface area contributed by atoms with Gasteiger partial charge in [0, 0.05) is 23.2 Å². The number of halogens is 2. The minimum absolute atomic E-state index is 0.00215. The second kappa shape index (κ2) is 7.69. The molecule has 9 heteroatoms. The molecule has 2 aromatic rings. The summed E-state index contributed by atoms with van der Waals surface area (Å²) < 4.78 is 18.9. The Balaban J connectivity index is 1.13. The standard InChI is InChI=1S/C22H22ClFN4O3/c23-15-6-5-13(7-16(15)24)31-11-19(29)26-22-8-12(9-22)18(10-22)25-21(30)20-14-3-1-2-4-17(14)27-28-20/h1-7,12,18,20,27-28H,8-11H2,(H,25,30)(H,26,29). The predicted molar refractivity (Wildman–Crippen MR) is 113 cm³/mol. The van der Waals surface area contributed by atoms with Gasteiger partial charge in [-0.2, -0.15) is 0 Å². The normalized spacial score (nSPS) is 27.6. The summed E-state index contributed by atoms with van der Waals surface area (Å²) in [7, 11) is 0. The summed E-state index contributed by atoms with van der Waals surface area (Å²) in [4.78, 5) is 25.2. The van der Waals surface area contributed by atoms with E-state index in [1.165, 1.54) is 12.1 Å². The van der Waals surface area contributed by atoms with Crippen LogP contribution < -0.4 is 26.2 Å². The van der Waals surface area contributed by atoms with E-state index in [0.717, 1.165) is 30.2 Å². The van der Waals surface area contributed by atoms with Crippen LogP contribution in [-0.2, 0) is 9.59 Å². The maximum absolute atomic E-state index is 13.5. The van der Waals surface area contributed by atoms with Crippen molar-refractivity contribution in [2.75, 3.05) is 12.0 Å². The van der Waals surface area contributed by atoms with Gasteiger partial charge in [0.25, 0.3) is 5.91 Å². The zero-order chi connectivity index (χ0) is 21.6. The first kappa shape index (κ1) is 20.1. The quantitative estimate of drug-likeness (QED) is 0.550. The Morgan fingerprint density at radius 1 is 1.19 bits per heavy atom. The summed E-state index contributed by atoms with van der Waals surface area (Å²) in [6, 6.07) is 11.3. The number of amides is 2. The Hall–Kier alpha value is -2.84. The molecule has 2 aromatic carbocycles. The minimum Gasteiger partial charge on any atom is -0.484 e. The van der Waals surface area contributed by atoms with Crippen LogP contribution in [0, 0.1) is 11.7 Å². The number of hydrazine groups is 1. The number of hydrogen-bond donors (Lipinski definition) is 4. The Morgan fingerprint density at radius 2 is 2.00 bits per heavy atom. The Kier molecular flexibility index (Phi) is 4.98. The molecule has 2 atom stereocenters. The van der Waals surface area contributed by atoms with E-state index >= 15 is 0 Å². The van der Waals surface area contributed by atoms with Gasteiger partial charge in [0.2, 0.25) is 5.91 Å². The van der Waals surface area contributed by atoms with E-state index < -0.39 is 11.9 Å². The molecular formula is C22H22ClFN4O3. The van der Waals surface area contributed by atoms with Gasteiger partial charge in [0.15, 0.2) is 6.61 Å². The third-order valence-electron chi connectivity index (χ3n) is 6.36. The van der Waals surface area contributed by atoms with Crippen molar-refractivity contribution in [1.82, 2.24) is 16.1 Å². The van der Waals surface area contributed by atoms with Crippen LogP contribution in [0.2, 0.25) is 5.02 Å². The number of anilines is 1. The highest BCUT2D eigenvalue weighted by molar-refractivity contribution is 6.30. The number of carbonyl (C=O) groups excluding carboxylic acids is 2. The first-order valence-corrected chi connectivity index (χ1v) is 10.6. The van der Waals surface area contributed by atoms with E-state index in [-0.39, 0.29) is 40.8 Å². The van der Waals surface area contributed by atoms with Crippen LogP contribution in [0.3, 0.4) is 0 Å². The average molecular weight is 445 g/mol. The largest absolute Gasteiger partial charge is 0.484 e. The van der Waals surface area contributed by atoms with Gasteiger partial charge in [-0.25, -0.2) is 9.82 Å². The molecule has 3 fully saturated rings. The van der Waals surface area contributed by atoms with E-state index in [4.69, 9.17) is 16.3 Å². The third kappa shape index (κ3) is 3.81. The van der Waals surface area contributed by atoms with Gasteiger partial charge in [0.05, 0.1) is 10.7 Å². The van der Waals surface area contributed by atoms with Crippen molar-refractivity contribution < 1.29 is 18.7 Å². The van der Waals surface area contributed by atoms with Crippen molar-refractivity contribution in [3.05, 3.63) is 58.9 Å². The fourth-order valence-electron chi connectivity index (χ4n) is 4.92. The van der Waals surface area contributed by atoms with Gasteiger partial charge in [-0.15, -0.1) is 0 Å². The minimum atomic E-state index is -0.594. The van der Waals surface area contributed by atoms with E-state index in [0.29, 0.717) is 12.3 Å². The lowest BCUT2D eigenvalue weighted by Gasteiger charge is -2.39. The Labute approximate surface area is 183 Å². The lowest BCUT2D eigenvalue weighted by atomic mass is 9.76. The van der Waals surface area contributed by atoms with Crippen LogP contribution >= 0.6 is 11.6 Å². The van der Waals surface area contributed by atoms with E-state index in [9.17, 15) is 14.0 Å². The molecule has 0 radical (unpaired) electrons. The molecule has 31 heavy (non-hydrogen) atoms. The number of fused-ring (bicyclic) bond motifs is 2. The number of hydrogen-bond acceptors (Lipinski definition) is 5. The van der Waals surface area contributed by atoms with Crippen molar-refractivity contribution in [2.45, 2.75) is 36.9 Å². The molecule has 162 valence electrons. The highest BCUT2D eigenvalue weighted by atomic mass is 35.5. The zero-order valence-corrected chi connectivity index (χ0v) is 17.3. The third-order valence-corrected chi connectivity index (χ3v) is 6.67. The second-order valence-electron chi connectivity index (χ2n) is 8.47. The Bertz CT molecular complexity index is 1040. The summed E-state index contributed by atoms with van der Waals surface area (Å²) in [6.45, 7) is -0.209. The molecule has 0 aromatic heterocycles. The molecule has 3 aliphatic carbocycles. The van der Waals surface area contributed by atoms with Gasteiger partial charge in [0.1, 0.15) is 17.6 Å². The van der Waals surface area contributed by atoms with E-state index in [1.54, 1.807) is 0 Å². The molecule has 7 nitrogen and oxygen atoms in total. The van der Waals surface area contributed by atoms with Gasteiger partial charge < -0.3 is 20.8 Å². The molecular weight excluding hydrogens is 423 g/mol. The van der Waals surface area contributed by atoms with Crippen molar-refractivity contribution in [2.24, 2.45) is 5.92 Å². The van der Waals surface area contributed by atoms with Crippen molar-refractivity contribution in [3.8, 4) is 5.75 Å². The molecule has 0 spiro atoms. The van der Waals surface area contributed by atoms with Crippen molar-refractivity contribution >= 4 is 29.1 Å². The average Bonchev–Trinajstić information content (AvgIpc) is 3.39. The molecule has 2 unspecified atom stereocenters. The van der Waals surface area contributed by atoms with Crippen LogP contribution in [0.1, 0.15) is 30.9 Å². The summed E-state index contributed by atoms with van der Waals surface area (Å²) in [6.07, 6.45) is 2.34. The fraction of sp³-hybridized carbons (Fsp3) is 0.364. The van der Waals surface area contributed by atoms with Crippen LogP contribution in [0.25, 0.3) is 0 Å². The van der Waals surface area contributed by atoms with Gasteiger partial charge >= 0.3 is 0 Å². The summed E-state index contributed by atoms with van der Waals surface area (Å²) in [5.74, 6) is -0.347. The number of rotatable bonds is 6. The van der Waals surface area contributed by atoms with Gasteiger partial charge in [-0.3, -0.25) is 9.59 Å². The molecule has 4 N–H and O–H groups in total. The predicted octanol–water partition coefficient (Wildman–Crippen LogP) is 2.68. The second-order valence-corrected chi connectivity index (χ2v) is 8.88. The lowest BCUT2D eigenvalue weighted by molar-refractivity contribution is -0.126. The summed E-state index contributed by atoms with van der Waals surface area (Å²) >= 11 is 5.65. The molecule has 6 rings (SSSR count). The molecule has 1 aliphatic heterocycles. The van der Waals surface area contributed by atoms with Gasteiger partial charge in [-0.05, 0) is 43.4 Å². The van der Waals surface area contributed by atoms with Crippen LogP contribution in [0.15, 0.2) is 42.5 Å². The molecule has 3 saturated carbocycles. The van der Waals surface area contributed by atoms with Crippen LogP contribution in [-0.4, -0.2) is 30.0 Å². The number of carbonyl (C=O) groups is 2. The molecule has 2 bridgehead atoms. The molecule has 0 saturated heterocycles. The van der Waals surface area contributed by atoms with Crippen LogP contribution in [0.4, 0.5) is 10.1 Å². The van der Waals surface area contributed by atoms with Crippen LogP contribution in [0.5, 0.6) is 5.75 Å². The highest BCUT2D eigenvalue weighted by Crippen LogP contribution is 2.52. The first-order valence-electron chi connectivity index (χ1n) is 10.2. The van der Waals surface area contributed by atoms with Gasteiger partial charge in [-0.1, -0.05) is 29.8 Å². The topological polar surface area (TPSA) is 91.5 Å². The summed E-state index contributed by atoms with van der Waals surface area (Å²) in [5, 5.41) is 6.19. The first-order chi connectivity index (χ1) is 14.9. The number of benzene rings is 2. The lowest BCUT2D eigenvalue weighted by Crippen LogP contribution is -2.53. The monoisotopic (exact) mass is 444 g/mol. The van der Waals surface area contributed by atoms with Crippen molar-refractivity contribution in [3.63, 3.8) is 0 Å². The van der Waals surface area contributed by atoms with E-state index in [1.807, 2.05) is 24.3 Å². The summed E-state index contributed by atoms with van der Waals surface area (Å²) in [5.41, 5.74) is 7.57. The SMILES string of the molecule is O=C(COc1ccc(Cl)c(F)c1)NC12CC(C1)C(NC(=O)C1NNc3ccccc31)C2. The number of ether oxygens (including phenoxy) is 1. The van der Waals surface area contributed by atoms with E-state index in [2.05, 4.69) is 21.5 Å². The molecule has 1 heterocycles. The number of para-hydroxylation sites is 1. The fourth-order valence-corrected chi connectivity index (χ4v) is 5.03. The number of nitrogens with one attached hydrogen (secondary N) is 4. The highest BCUT2D eigenvalue weighted by Gasteiger charge is 2.57. The molecule has 4 aliphatic rings. The zero-order valence-electron chi connectivity index (χ0n) is 16.6.